The molecule has 0 bridgehead atoms. The summed E-state index contributed by atoms with van der Waals surface area (Å²) in [7, 11) is -3.49. The second-order valence-electron chi connectivity index (χ2n) is 5.66. The zero-order valence-electron chi connectivity index (χ0n) is 14.1. The lowest BCUT2D eigenvalue weighted by Gasteiger charge is -2.09. The number of para-hydroxylation sites is 1. The van der Waals surface area contributed by atoms with E-state index in [0.29, 0.717) is 11.5 Å². The van der Waals surface area contributed by atoms with Crippen molar-refractivity contribution in [2.45, 2.75) is 37.5 Å². The fourth-order valence-electron chi connectivity index (χ4n) is 2.36. The maximum Gasteiger partial charge on any atom is 0.240 e. The Morgan fingerprint density at radius 3 is 2.33 bits per heavy atom. The van der Waals surface area contributed by atoms with Crippen molar-refractivity contribution in [1.82, 2.24) is 4.72 Å². The van der Waals surface area contributed by atoms with Crippen molar-refractivity contribution in [2.75, 3.05) is 13.2 Å². The summed E-state index contributed by atoms with van der Waals surface area (Å²) >= 11 is 0. The molecule has 24 heavy (non-hydrogen) atoms. The minimum atomic E-state index is -3.49. The molecular weight excluding hydrogens is 322 g/mol. The molecule has 0 aliphatic rings. The lowest BCUT2D eigenvalue weighted by molar-refractivity contribution is 0.323. The van der Waals surface area contributed by atoms with E-state index in [9.17, 15) is 8.42 Å². The average Bonchev–Trinajstić information content (AvgIpc) is 2.60. The molecule has 1 N–H and O–H groups in total. The van der Waals surface area contributed by atoms with E-state index in [4.69, 9.17) is 4.74 Å². The van der Waals surface area contributed by atoms with Crippen LogP contribution in [0.25, 0.3) is 0 Å². The molecule has 0 fully saturated rings. The Labute approximate surface area is 144 Å². The van der Waals surface area contributed by atoms with Crippen LogP contribution in [0.2, 0.25) is 0 Å². The molecule has 5 heteroatoms. The molecule has 0 aliphatic heterocycles. The van der Waals surface area contributed by atoms with Crippen LogP contribution in [0.15, 0.2) is 59.5 Å². The highest BCUT2D eigenvalue weighted by atomic mass is 32.2. The van der Waals surface area contributed by atoms with Gasteiger partial charge in [0.1, 0.15) is 12.4 Å². The van der Waals surface area contributed by atoms with Gasteiger partial charge in [0, 0.05) is 6.54 Å². The summed E-state index contributed by atoms with van der Waals surface area (Å²) in [5.74, 6) is 0.730. The number of rotatable bonds is 10. The van der Waals surface area contributed by atoms with Crippen LogP contribution < -0.4 is 9.46 Å². The summed E-state index contributed by atoms with van der Waals surface area (Å²) in [6.07, 6.45) is 4.51. The number of ether oxygens (including phenoxy) is 1. The number of unbranched alkanes of at least 4 members (excludes halogenated alkanes) is 2. The monoisotopic (exact) mass is 347 g/mol. The van der Waals surface area contributed by atoms with Crippen LogP contribution >= 0.6 is 0 Å². The first-order chi connectivity index (χ1) is 11.6. The van der Waals surface area contributed by atoms with Crippen LogP contribution in [-0.2, 0) is 16.4 Å². The van der Waals surface area contributed by atoms with E-state index in [-0.39, 0.29) is 6.54 Å². The fourth-order valence-corrected chi connectivity index (χ4v) is 3.37. The summed E-state index contributed by atoms with van der Waals surface area (Å²) in [4.78, 5) is 0.293. The lowest BCUT2D eigenvalue weighted by Crippen LogP contribution is -2.28. The first-order valence-electron chi connectivity index (χ1n) is 8.38. The zero-order valence-corrected chi connectivity index (χ0v) is 14.9. The van der Waals surface area contributed by atoms with Gasteiger partial charge in [-0.1, -0.05) is 50.1 Å². The minimum Gasteiger partial charge on any atom is -0.492 e. The van der Waals surface area contributed by atoms with E-state index in [1.54, 1.807) is 12.1 Å². The highest BCUT2D eigenvalue weighted by Crippen LogP contribution is 2.13. The third-order valence-corrected chi connectivity index (χ3v) is 5.19. The third kappa shape index (κ3) is 5.98. The first kappa shape index (κ1) is 18.5. The Bertz CT molecular complexity index is 697. The Kier molecular flexibility index (Phi) is 7.28. The van der Waals surface area contributed by atoms with Crippen molar-refractivity contribution in [3.8, 4) is 5.75 Å². The summed E-state index contributed by atoms with van der Waals surface area (Å²) in [5, 5.41) is 0. The molecule has 0 spiro atoms. The topological polar surface area (TPSA) is 55.4 Å². The molecule has 4 nitrogen and oxygen atoms in total. The predicted molar refractivity (Wildman–Crippen MR) is 96.8 cm³/mol. The van der Waals surface area contributed by atoms with Crippen LogP contribution in [0.5, 0.6) is 5.75 Å². The molecule has 0 amide bonds. The van der Waals surface area contributed by atoms with Gasteiger partial charge < -0.3 is 4.74 Å². The number of benzene rings is 2. The van der Waals surface area contributed by atoms with Gasteiger partial charge in [0.05, 0.1) is 4.90 Å². The molecule has 0 aromatic heterocycles. The number of aryl methyl sites for hydroxylation is 1. The summed E-state index contributed by atoms with van der Waals surface area (Å²) in [6, 6.07) is 16.5. The van der Waals surface area contributed by atoms with Crippen molar-refractivity contribution in [3.05, 3.63) is 60.2 Å². The molecule has 2 rings (SSSR count). The Morgan fingerprint density at radius 1 is 0.958 bits per heavy atom. The van der Waals surface area contributed by atoms with Gasteiger partial charge in [-0.05, 0) is 42.7 Å². The van der Waals surface area contributed by atoms with Crippen molar-refractivity contribution >= 4 is 10.0 Å². The average molecular weight is 347 g/mol. The van der Waals surface area contributed by atoms with E-state index in [2.05, 4.69) is 11.6 Å². The number of hydrogen-bond donors (Lipinski definition) is 1. The maximum atomic E-state index is 12.2. The van der Waals surface area contributed by atoms with Crippen molar-refractivity contribution in [3.63, 3.8) is 0 Å². The van der Waals surface area contributed by atoms with Gasteiger partial charge >= 0.3 is 0 Å². The van der Waals surface area contributed by atoms with Gasteiger partial charge in [-0.25, -0.2) is 13.1 Å². The van der Waals surface area contributed by atoms with Crippen LogP contribution in [0.3, 0.4) is 0 Å². The van der Waals surface area contributed by atoms with Gasteiger partial charge in [-0.2, -0.15) is 0 Å². The van der Waals surface area contributed by atoms with Crippen molar-refractivity contribution in [1.29, 1.82) is 0 Å². The van der Waals surface area contributed by atoms with Crippen LogP contribution in [-0.4, -0.2) is 21.6 Å². The molecule has 2 aromatic rings. The van der Waals surface area contributed by atoms with Crippen molar-refractivity contribution in [2.24, 2.45) is 0 Å². The van der Waals surface area contributed by atoms with Crippen molar-refractivity contribution < 1.29 is 13.2 Å². The highest BCUT2D eigenvalue weighted by molar-refractivity contribution is 7.89. The highest BCUT2D eigenvalue weighted by Gasteiger charge is 2.13. The van der Waals surface area contributed by atoms with E-state index in [1.807, 2.05) is 42.5 Å². The summed E-state index contributed by atoms with van der Waals surface area (Å²) < 4.78 is 32.5. The molecule has 0 saturated heterocycles. The van der Waals surface area contributed by atoms with Gasteiger partial charge in [0.25, 0.3) is 0 Å². The van der Waals surface area contributed by atoms with E-state index >= 15 is 0 Å². The molecule has 0 heterocycles. The van der Waals surface area contributed by atoms with E-state index < -0.39 is 10.0 Å². The number of hydrogen-bond acceptors (Lipinski definition) is 3. The Balaban J connectivity index is 1.81. The second-order valence-corrected chi connectivity index (χ2v) is 7.43. The van der Waals surface area contributed by atoms with Crippen LogP contribution in [0.4, 0.5) is 0 Å². The number of sulfonamides is 1. The predicted octanol–water partition coefficient (Wildman–Crippen LogP) is 3.78. The molecule has 0 aliphatic carbocycles. The van der Waals surface area contributed by atoms with Crippen LogP contribution in [0, 0.1) is 0 Å². The molecule has 0 saturated carbocycles. The second kappa shape index (κ2) is 9.45. The molecular formula is C19H25NO3S. The minimum absolute atomic E-state index is 0.232. The summed E-state index contributed by atoms with van der Waals surface area (Å²) in [6.45, 7) is 2.69. The molecule has 0 unspecified atom stereocenters. The summed E-state index contributed by atoms with van der Waals surface area (Å²) in [5.41, 5.74) is 1.18. The van der Waals surface area contributed by atoms with Gasteiger partial charge in [-0.3, -0.25) is 0 Å². The maximum absolute atomic E-state index is 12.2. The molecule has 0 radical (unpaired) electrons. The molecule has 0 atom stereocenters. The Hall–Kier alpha value is -1.85. The van der Waals surface area contributed by atoms with Gasteiger partial charge in [0.2, 0.25) is 10.0 Å². The standard InChI is InChI=1S/C19H25NO3S/c1-2-3-5-8-17-11-13-19(14-12-17)24(21,22)20-15-16-23-18-9-6-4-7-10-18/h4,6-7,9-14,20H,2-3,5,8,15-16H2,1H3. The number of nitrogens with one attached hydrogen (secondary N) is 1. The van der Waals surface area contributed by atoms with Gasteiger partial charge in [0.15, 0.2) is 0 Å². The fraction of sp³-hybridized carbons (Fsp3) is 0.368. The normalized spacial score (nSPS) is 11.4. The smallest absolute Gasteiger partial charge is 0.240 e. The van der Waals surface area contributed by atoms with E-state index in [0.717, 1.165) is 18.6 Å². The molecule has 2 aromatic carbocycles. The lowest BCUT2D eigenvalue weighted by atomic mass is 10.1. The van der Waals surface area contributed by atoms with Gasteiger partial charge in [-0.15, -0.1) is 0 Å². The quantitative estimate of drug-likeness (QED) is 0.666. The van der Waals surface area contributed by atoms with E-state index in [1.165, 1.54) is 18.4 Å². The zero-order chi connectivity index (χ0) is 17.3. The Morgan fingerprint density at radius 2 is 1.67 bits per heavy atom. The first-order valence-corrected chi connectivity index (χ1v) is 9.86. The van der Waals surface area contributed by atoms with Crippen LogP contribution in [0.1, 0.15) is 31.7 Å². The molecule has 130 valence electrons. The largest absolute Gasteiger partial charge is 0.492 e. The SMILES string of the molecule is CCCCCc1ccc(S(=O)(=O)NCCOc2ccccc2)cc1. The third-order valence-electron chi connectivity index (χ3n) is 3.71.